The quantitative estimate of drug-likeness (QED) is 0.911. The van der Waals surface area contributed by atoms with E-state index in [1.807, 2.05) is 6.20 Å². The standard InChI is InChI=1S/C11H19N3.2ClH/c1-9(2)11-13-6-7-14(11)8-10-4-3-5-12-10;;/h6-7,9-10,12H,3-5,8H2,1-2H3;2*1H. The fourth-order valence-corrected chi connectivity index (χ4v) is 2.13. The molecule has 0 radical (unpaired) electrons. The van der Waals surface area contributed by atoms with Gasteiger partial charge in [0.05, 0.1) is 0 Å². The molecule has 1 aromatic heterocycles. The van der Waals surface area contributed by atoms with Gasteiger partial charge in [-0.25, -0.2) is 4.98 Å². The first kappa shape index (κ1) is 15.8. The van der Waals surface area contributed by atoms with Crippen LogP contribution in [-0.4, -0.2) is 22.1 Å². The number of aromatic nitrogens is 2. The normalized spacial score (nSPS) is 19.3. The maximum absolute atomic E-state index is 4.39. The molecule has 2 heterocycles. The summed E-state index contributed by atoms with van der Waals surface area (Å²) in [5.74, 6) is 1.73. The van der Waals surface area contributed by atoms with E-state index in [1.165, 1.54) is 25.2 Å². The lowest BCUT2D eigenvalue weighted by Gasteiger charge is -2.14. The molecule has 1 fully saturated rings. The van der Waals surface area contributed by atoms with Crippen LogP contribution in [0, 0.1) is 0 Å². The van der Waals surface area contributed by atoms with Gasteiger partial charge < -0.3 is 9.88 Å². The van der Waals surface area contributed by atoms with Crippen LogP contribution in [0.3, 0.4) is 0 Å². The number of imidazole rings is 1. The minimum absolute atomic E-state index is 0. The smallest absolute Gasteiger partial charge is 0.111 e. The Hall–Kier alpha value is -0.250. The van der Waals surface area contributed by atoms with E-state index in [0.29, 0.717) is 12.0 Å². The second-order valence-electron chi connectivity index (χ2n) is 4.39. The molecule has 1 saturated heterocycles. The highest BCUT2D eigenvalue weighted by atomic mass is 35.5. The molecule has 1 aliphatic heterocycles. The van der Waals surface area contributed by atoms with Gasteiger partial charge >= 0.3 is 0 Å². The monoisotopic (exact) mass is 265 g/mol. The molecule has 0 spiro atoms. The molecule has 1 aromatic rings. The van der Waals surface area contributed by atoms with Gasteiger partial charge in [-0.2, -0.15) is 0 Å². The fraction of sp³-hybridized carbons (Fsp3) is 0.727. The van der Waals surface area contributed by atoms with E-state index in [2.05, 4.69) is 34.9 Å². The average molecular weight is 266 g/mol. The molecular formula is C11H21Cl2N3. The molecule has 1 aliphatic rings. The van der Waals surface area contributed by atoms with E-state index >= 15 is 0 Å². The molecule has 1 unspecified atom stereocenters. The Bertz CT molecular complexity index is 293. The van der Waals surface area contributed by atoms with Gasteiger partial charge in [0.1, 0.15) is 5.82 Å². The molecule has 0 bridgehead atoms. The van der Waals surface area contributed by atoms with Gasteiger partial charge in [-0.1, -0.05) is 13.8 Å². The largest absolute Gasteiger partial charge is 0.333 e. The first-order chi connectivity index (χ1) is 6.77. The third kappa shape index (κ3) is 3.65. The van der Waals surface area contributed by atoms with E-state index < -0.39 is 0 Å². The number of nitrogens with zero attached hydrogens (tertiary/aromatic N) is 2. The molecule has 0 aliphatic carbocycles. The second kappa shape index (κ2) is 7.15. The van der Waals surface area contributed by atoms with Crippen LogP contribution >= 0.6 is 24.8 Å². The Morgan fingerprint density at radius 1 is 1.50 bits per heavy atom. The molecule has 0 saturated carbocycles. The van der Waals surface area contributed by atoms with Crippen LogP contribution in [0.15, 0.2) is 12.4 Å². The molecule has 1 N–H and O–H groups in total. The lowest BCUT2D eigenvalue weighted by atomic mass is 10.2. The topological polar surface area (TPSA) is 29.9 Å². The molecular weight excluding hydrogens is 245 g/mol. The van der Waals surface area contributed by atoms with E-state index in [9.17, 15) is 0 Å². The zero-order valence-electron chi connectivity index (χ0n) is 9.85. The Morgan fingerprint density at radius 2 is 2.25 bits per heavy atom. The van der Waals surface area contributed by atoms with E-state index in [4.69, 9.17) is 0 Å². The van der Waals surface area contributed by atoms with Crippen LogP contribution in [0.2, 0.25) is 0 Å². The SMILES string of the molecule is CC(C)c1nccn1CC1CCCN1.Cl.Cl. The van der Waals surface area contributed by atoms with Gasteiger partial charge in [-0.15, -0.1) is 24.8 Å². The average Bonchev–Trinajstić information content (AvgIpc) is 2.75. The predicted octanol–water partition coefficient (Wildman–Crippen LogP) is 2.60. The zero-order valence-corrected chi connectivity index (χ0v) is 11.5. The molecule has 0 aromatic carbocycles. The summed E-state index contributed by atoms with van der Waals surface area (Å²) < 4.78 is 2.29. The molecule has 0 amide bonds. The van der Waals surface area contributed by atoms with E-state index in [1.54, 1.807) is 0 Å². The molecule has 94 valence electrons. The summed E-state index contributed by atoms with van der Waals surface area (Å²) in [6.07, 6.45) is 6.62. The lowest BCUT2D eigenvalue weighted by Crippen LogP contribution is -2.27. The summed E-state index contributed by atoms with van der Waals surface area (Å²) >= 11 is 0. The number of rotatable bonds is 3. The number of halogens is 2. The van der Waals surface area contributed by atoms with Crippen LogP contribution in [0.1, 0.15) is 38.4 Å². The predicted molar refractivity (Wildman–Crippen MR) is 71.8 cm³/mol. The van der Waals surface area contributed by atoms with E-state index in [-0.39, 0.29) is 24.8 Å². The molecule has 16 heavy (non-hydrogen) atoms. The van der Waals surface area contributed by atoms with Crippen molar-refractivity contribution < 1.29 is 0 Å². The fourth-order valence-electron chi connectivity index (χ4n) is 2.13. The van der Waals surface area contributed by atoms with Crippen LogP contribution in [0.25, 0.3) is 0 Å². The zero-order chi connectivity index (χ0) is 9.97. The second-order valence-corrected chi connectivity index (χ2v) is 4.39. The summed E-state index contributed by atoms with van der Waals surface area (Å²) in [6.45, 7) is 6.64. The number of hydrogen-bond acceptors (Lipinski definition) is 2. The van der Waals surface area contributed by atoms with Crippen molar-refractivity contribution >= 4 is 24.8 Å². The minimum atomic E-state index is 0. The summed E-state index contributed by atoms with van der Waals surface area (Å²) in [4.78, 5) is 4.39. The van der Waals surface area contributed by atoms with Crippen molar-refractivity contribution in [3.05, 3.63) is 18.2 Å². The summed E-state index contributed by atoms with van der Waals surface area (Å²) in [6, 6.07) is 0.654. The molecule has 2 rings (SSSR count). The van der Waals surface area contributed by atoms with Gasteiger partial charge in [-0.3, -0.25) is 0 Å². The molecule has 3 nitrogen and oxygen atoms in total. The van der Waals surface area contributed by atoms with Crippen LogP contribution in [0.5, 0.6) is 0 Å². The minimum Gasteiger partial charge on any atom is -0.333 e. The van der Waals surface area contributed by atoms with Crippen LogP contribution < -0.4 is 5.32 Å². The van der Waals surface area contributed by atoms with Crippen molar-refractivity contribution in [2.24, 2.45) is 0 Å². The molecule has 1 atom stereocenters. The van der Waals surface area contributed by atoms with Gasteiger partial charge in [0.2, 0.25) is 0 Å². The first-order valence-corrected chi connectivity index (χ1v) is 5.52. The van der Waals surface area contributed by atoms with Gasteiger partial charge in [0, 0.05) is 30.9 Å². The molecule has 5 heteroatoms. The van der Waals surface area contributed by atoms with Crippen molar-refractivity contribution in [3.8, 4) is 0 Å². The van der Waals surface area contributed by atoms with Gasteiger partial charge in [0.15, 0.2) is 0 Å². The Labute approximate surface area is 110 Å². The maximum Gasteiger partial charge on any atom is 0.111 e. The maximum atomic E-state index is 4.39. The van der Waals surface area contributed by atoms with Crippen LogP contribution in [0.4, 0.5) is 0 Å². The Kier molecular flexibility index (Phi) is 7.04. The first-order valence-electron chi connectivity index (χ1n) is 5.52. The van der Waals surface area contributed by atoms with Crippen molar-refractivity contribution in [2.75, 3.05) is 6.54 Å². The highest BCUT2D eigenvalue weighted by molar-refractivity contribution is 5.85. The number of hydrogen-bond donors (Lipinski definition) is 1. The van der Waals surface area contributed by atoms with E-state index in [0.717, 1.165) is 6.54 Å². The van der Waals surface area contributed by atoms with Crippen molar-refractivity contribution in [3.63, 3.8) is 0 Å². The van der Waals surface area contributed by atoms with Crippen molar-refractivity contribution in [2.45, 2.75) is 45.2 Å². The Balaban J connectivity index is 0.00000112. The van der Waals surface area contributed by atoms with Crippen LogP contribution in [-0.2, 0) is 6.54 Å². The Morgan fingerprint density at radius 3 is 2.81 bits per heavy atom. The summed E-state index contributed by atoms with van der Waals surface area (Å²) in [5, 5.41) is 3.51. The number of nitrogens with one attached hydrogen (secondary N) is 1. The highest BCUT2D eigenvalue weighted by Gasteiger charge is 2.16. The lowest BCUT2D eigenvalue weighted by molar-refractivity contribution is 0.489. The van der Waals surface area contributed by atoms with Gasteiger partial charge in [-0.05, 0) is 19.4 Å². The third-order valence-corrected chi connectivity index (χ3v) is 2.84. The van der Waals surface area contributed by atoms with Crippen molar-refractivity contribution in [1.82, 2.24) is 14.9 Å². The summed E-state index contributed by atoms with van der Waals surface area (Å²) in [7, 11) is 0. The van der Waals surface area contributed by atoms with Crippen molar-refractivity contribution in [1.29, 1.82) is 0 Å². The summed E-state index contributed by atoms with van der Waals surface area (Å²) in [5.41, 5.74) is 0. The van der Waals surface area contributed by atoms with Gasteiger partial charge in [0.25, 0.3) is 0 Å². The highest BCUT2D eigenvalue weighted by Crippen LogP contribution is 2.14. The third-order valence-electron chi connectivity index (χ3n) is 2.84.